The van der Waals surface area contributed by atoms with E-state index in [4.69, 9.17) is 9.47 Å². The summed E-state index contributed by atoms with van der Waals surface area (Å²) < 4.78 is 50.7. The molecule has 0 aliphatic heterocycles. The lowest BCUT2D eigenvalue weighted by Crippen LogP contribution is -2.37. The van der Waals surface area contributed by atoms with Crippen LogP contribution in [-0.4, -0.2) is 46.3 Å². The lowest BCUT2D eigenvalue weighted by molar-refractivity contribution is -0.137. The summed E-state index contributed by atoms with van der Waals surface area (Å²) in [5.74, 6) is -0.534. The lowest BCUT2D eigenvalue weighted by atomic mass is 9.93. The average Bonchev–Trinajstić information content (AvgIpc) is 3.60. The topological polar surface area (TPSA) is 95.3 Å². The van der Waals surface area contributed by atoms with E-state index >= 15 is 0 Å². The van der Waals surface area contributed by atoms with Crippen molar-refractivity contribution in [2.24, 2.45) is 0 Å². The van der Waals surface area contributed by atoms with Crippen molar-refractivity contribution in [3.05, 3.63) is 89.6 Å². The van der Waals surface area contributed by atoms with Crippen molar-refractivity contribution in [1.29, 1.82) is 0 Å². The Bertz CT molecular complexity index is 1640. The summed E-state index contributed by atoms with van der Waals surface area (Å²) in [5.41, 5.74) is 2.85. The monoisotopic (exact) mass is 592 g/mol. The summed E-state index contributed by atoms with van der Waals surface area (Å²) in [4.78, 5) is 24.7. The van der Waals surface area contributed by atoms with E-state index in [-0.39, 0.29) is 5.41 Å². The van der Waals surface area contributed by atoms with Crippen LogP contribution in [0, 0.1) is 0 Å². The second kappa shape index (κ2) is 11.2. The van der Waals surface area contributed by atoms with Crippen molar-refractivity contribution in [2.75, 3.05) is 13.7 Å². The summed E-state index contributed by atoms with van der Waals surface area (Å²) in [5, 5.41) is 11.2. The van der Waals surface area contributed by atoms with Crippen LogP contribution in [0.3, 0.4) is 0 Å². The molecular weight excluding hydrogens is 561 g/mol. The van der Waals surface area contributed by atoms with E-state index in [2.05, 4.69) is 15.6 Å². The van der Waals surface area contributed by atoms with Gasteiger partial charge in [0.05, 0.1) is 30.1 Å². The number of hydrogen-bond donors (Lipinski definition) is 1. The van der Waals surface area contributed by atoms with Crippen molar-refractivity contribution < 1.29 is 32.2 Å². The molecule has 8 nitrogen and oxygen atoms in total. The van der Waals surface area contributed by atoms with Crippen LogP contribution in [-0.2, 0) is 21.1 Å². The number of rotatable bonds is 7. The van der Waals surface area contributed by atoms with E-state index in [0.29, 0.717) is 29.1 Å². The third-order valence-electron chi connectivity index (χ3n) is 7.26. The Hall–Kier alpha value is -4.67. The van der Waals surface area contributed by atoms with Gasteiger partial charge in [-0.25, -0.2) is 14.3 Å². The van der Waals surface area contributed by atoms with Gasteiger partial charge in [0.2, 0.25) is 0 Å². The highest BCUT2D eigenvalue weighted by Gasteiger charge is 2.44. The summed E-state index contributed by atoms with van der Waals surface area (Å²) in [6, 6.07) is 17.8. The van der Waals surface area contributed by atoms with Crippen molar-refractivity contribution in [2.45, 2.75) is 50.8 Å². The van der Waals surface area contributed by atoms with E-state index in [9.17, 15) is 22.8 Å². The molecule has 1 heterocycles. The van der Waals surface area contributed by atoms with Crippen molar-refractivity contribution in [3.8, 4) is 28.1 Å². The molecule has 1 saturated carbocycles. The Morgan fingerprint density at radius 1 is 0.930 bits per heavy atom. The number of alkyl carbamates (subject to hydrolysis) is 1. The summed E-state index contributed by atoms with van der Waals surface area (Å²) in [6.45, 7) is 5.93. The van der Waals surface area contributed by atoms with Crippen LogP contribution in [0.2, 0.25) is 0 Å². The summed E-state index contributed by atoms with van der Waals surface area (Å²) in [6.07, 6.45) is -1.41. The number of halogens is 3. The molecule has 0 spiro atoms. The van der Waals surface area contributed by atoms with E-state index in [1.54, 1.807) is 18.3 Å². The highest BCUT2D eigenvalue weighted by Crippen LogP contribution is 2.48. The molecule has 0 radical (unpaired) electrons. The first-order valence-electron chi connectivity index (χ1n) is 13.7. The number of alkyl halides is 3. The van der Waals surface area contributed by atoms with Gasteiger partial charge in [0.1, 0.15) is 11.3 Å². The Balaban J connectivity index is 1.39. The maximum absolute atomic E-state index is 13.0. The number of esters is 1. The van der Waals surface area contributed by atoms with Crippen LogP contribution in [0.5, 0.6) is 0 Å². The number of benzene rings is 3. The minimum absolute atomic E-state index is 0.149. The van der Waals surface area contributed by atoms with Crippen LogP contribution < -0.4 is 5.32 Å². The number of nitrogens with one attached hydrogen (secondary N) is 1. The normalized spacial score (nSPS) is 14.2. The maximum atomic E-state index is 13.0. The first-order valence-corrected chi connectivity index (χ1v) is 13.7. The first-order chi connectivity index (χ1) is 20.3. The molecule has 0 atom stereocenters. The van der Waals surface area contributed by atoms with Gasteiger partial charge in [0.15, 0.2) is 0 Å². The molecular formula is C32H31F3N4O4. The molecule has 1 aliphatic rings. The van der Waals surface area contributed by atoms with Crippen LogP contribution in [0.25, 0.3) is 28.1 Å². The summed E-state index contributed by atoms with van der Waals surface area (Å²) in [7, 11) is 1.29. The molecule has 5 rings (SSSR count). The molecule has 1 fully saturated rings. The van der Waals surface area contributed by atoms with Crippen molar-refractivity contribution >= 4 is 12.1 Å². The third kappa shape index (κ3) is 6.87. The second-order valence-corrected chi connectivity index (χ2v) is 11.6. The lowest BCUT2D eigenvalue weighted by Gasteiger charge is -2.22. The van der Waals surface area contributed by atoms with Crippen LogP contribution in [0.15, 0.2) is 72.9 Å². The van der Waals surface area contributed by atoms with Gasteiger partial charge in [-0.3, -0.25) is 0 Å². The predicted octanol–water partition coefficient (Wildman–Crippen LogP) is 6.96. The smallest absolute Gasteiger partial charge is 0.416 e. The van der Waals surface area contributed by atoms with Gasteiger partial charge in [0.25, 0.3) is 0 Å². The molecule has 1 N–H and O–H groups in total. The maximum Gasteiger partial charge on any atom is 0.416 e. The molecule has 1 aliphatic carbocycles. The summed E-state index contributed by atoms with van der Waals surface area (Å²) >= 11 is 0. The van der Waals surface area contributed by atoms with Crippen LogP contribution in [0.4, 0.5) is 18.0 Å². The largest absolute Gasteiger partial charge is 0.465 e. The van der Waals surface area contributed by atoms with Gasteiger partial charge in [-0.1, -0.05) is 41.6 Å². The first kappa shape index (κ1) is 29.8. The minimum atomic E-state index is -4.44. The molecule has 1 amide bonds. The van der Waals surface area contributed by atoms with Crippen LogP contribution >= 0.6 is 0 Å². The fraction of sp³-hybridized carbons (Fsp3) is 0.312. The fourth-order valence-corrected chi connectivity index (χ4v) is 4.79. The molecule has 0 saturated heterocycles. The molecule has 43 heavy (non-hydrogen) atoms. The van der Waals surface area contributed by atoms with Gasteiger partial charge < -0.3 is 14.8 Å². The van der Waals surface area contributed by atoms with Gasteiger partial charge in [-0.15, -0.1) is 5.10 Å². The third-order valence-corrected chi connectivity index (χ3v) is 7.26. The zero-order chi connectivity index (χ0) is 31.0. The quantitative estimate of drug-likeness (QED) is 0.233. The standard InChI is InChI=1S/C32H31F3N4O4/c1-30(2,3)43-29(41)36-19-31(13-14-31)24-9-5-20(6-10-24)22-15-23(28(40)42-4)17-26(16-22)39-18-27(37-38-39)21-7-11-25(12-8-21)32(33,34)35/h5-12,15-18H,13-14,19H2,1-4H3,(H,36,41). The van der Waals surface area contributed by atoms with E-state index in [1.807, 2.05) is 51.1 Å². The molecule has 11 heteroatoms. The van der Waals surface area contributed by atoms with Gasteiger partial charge in [-0.05, 0) is 80.6 Å². The van der Waals surface area contributed by atoms with Crippen LogP contribution in [0.1, 0.15) is 55.1 Å². The number of aromatic nitrogens is 3. The SMILES string of the molecule is COC(=O)c1cc(-c2ccc(C3(CNC(=O)OC(C)(C)C)CC3)cc2)cc(-n2cc(-c3ccc(C(F)(F)F)cc3)nn2)c1. The van der Waals surface area contributed by atoms with Crippen molar-refractivity contribution in [1.82, 2.24) is 20.3 Å². The number of methoxy groups -OCH3 is 1. The molecule has 1 aromatic heterocycles. The zero-order valence-electron chi connectivity index (χ0n) is 24.2. The van der Waals surface area contributed by atoms with E-state index in [1.165, 1.54) is 23.9 Å². The Kier molecular flexibility index (Phi) is 7.76. The molecule has 4 aromatic rings. The van der Waals surface area contributed by atoms with Gasteiger partial charge in [-0.2, -0.15) is 13.2 Å². The molecule has 224 valence electrons. The van der Waals surface area contributed by atoms with E-state index in [0.717, 1.165) is 41.7 Å². The van der Waals surface area contributed by atoms with Crippen molar-refractivity contribution in [3.63, 3.8) is 0 Å². The second-order valence-electron chi connectivity index (χ2n) is 11.6. The van der Waals surface area contributed by atoms with E-state index < -0.39 is 29.4 Å². The highest BCUT2D eigenvalue weighted by molar-refractivity contribution is 5.92. The number of carbonyl (C=O) groups excluding carboxylic acids is 2. The number of amides is 1. The number of carbonyl (C=O) groups is 2. The molecule has 0 unspecified atom stereocenters. The molecule has 3 aromatic carbocycles. The number of nitrogens with zero attached hydrogens (tertiary/aromatic N) is 3. The zero-order valence-corrected chi connectivity index (χ0v) is 24.2. The Morgan fingerprint density at radius 3 is 2.16 bits per heavy atom. The van der Waals surface area contributed by atoms with Gasteiger partial charge >= 0.3 is 18.2 Å². The number of ether oxygens (including phenoxy) is 2. The fourth-order valence-electron chi connectivity index (χ4n) is 4.79. The Labute approximate surface area is 246 Å². The average molecular weight is 593 g/mol. The number of hydrogen-bond acceptors (Lipinski definition) is 6. The van der Waals surface area contributed by atoms with Gasteiger partial charge in [0, 0.05) is 17.5 Å². The molecule has 0 bridgehead atoms. The predicted molar refractivity (Wildman–Crippen MR) is 154 cm³/mol. The minimum Gasteiger partial charge on any atom is -0.465 e. The Morgan fingerprint density at radius 2 is 1.58 bits per heavy atom. The highest BCUT2D eigenvalue weighted by atomic mass is 19.4.